The van der Waals surface area contributed by atoms with Crippen LogP contribution in [0.3, 0.4) is 0 Å². The Labute approximate surface area is 68.9 Å². The van der Waals surface area contributed by atoms with Crippen LogP contribution in [0.25, 0.3) is 10.1 Å². The molecule has 0 saturated heterocycles. The fourth-order valence-electron chi connectivity index (χ4n) is 1.07. The molecule has 2 aromatic rings. The first-order valence-electron chi connectivity index (χ1n) is 3.35. The molecule has 1 N–H and O–H groups in total. The van der Waals surface area contributed by atoms with Crippen LogP contribution in [0.15, 0.2) is 29.6 Å². The fraction of sp³-hybridized carbons (Fsp3) is 0. The average molecular weight is 163 g/mol. The van der Waals surface area contributed by atoms with Crippen molar-refractivity contribution < 1.29 is 5.11 Å². The molecule has 0 spiro atoms. The second kappa shape index (κ2) is 2.64. The van der Waals surface area contributed by atoms with Gasteiger partial charge in [0, 0.05) is 4.70 Å². The maximum Gasteiger partial charge on any atom is 0.109 e. The van der Waals surface area contributed by atoms with Gasteiger partial charge in [0.05, 0.1) is 0 Å². The molecule has 0 unspecified atom stereocenters. The molecule has 55 valence electrons. The lowest BCUT2D eigenvalue weighted by Crippen LogP contribution is -1.76. The van der Waals surface area contributed by atoms with Crippen LogP contribution in [0, 0.1) is 6.61 Å². The summed E-state index contributed by atoms with van der Waals surface area (Å²) < 4.78 is 1.26. The van der Waals surface area contributed by atoms with Crippen LogP contribution in [0.4, 0.5) is 0 Å². The van der Waals surface area contributed by atoms with Gasteiger partial charge in [-0.15, -0.1) is 11.3 Å². The molecule has 1 aromatic heterocycles. The third-order valence-electron chi connectivity index (χ3n) is 1.63. The van der Waals surface area contributed by atoms with Crippen molar-refractivity contribution in [3.05, 3.63) is 41.8 Å². The molecular formula is C9H7OS. The van der Waals surface area contributed by atoms with E-state index in [9.17, 15) is 0 Å². The Morgan fingerprint density at radius 1 is 1.27 bits per heavy atom. The quantitative estimate of drug-likeness (QED) is 0.685. The van der Waals surface area contributed by atoms with E-state index in [0.717, 1.165) is 12.2 Å². The summed E-state index contributed by atoms with van der Waals surface area (Å²) in [6.07, 6.45) is 0. The molecule has 0 bridgehead atoms. The molecule has 0 fully saturated rings. The topological polar surface area (TPSA) is 20.2 Å². The number of rotatable bonds is 1. The van der Waals surface area contributed by atoms with E-state index < -0.39 is 0 Å². The van der Waals surface area contributed by atoms with Crippen molar-refractivity contribution >= 4 is 21.4 Å². The second-order valence-electron chi connectivity index (χ2n) is 2.35. The average Bonchev–Trinajstić information content (AvgIpc) is 2.50. The SMILES string of the molecule is O[CH]c1ccc2sccc2c1. The maximum atomic E-state index is 8.71. The third kappa shape index (κ3) is 1.15. The zero-order valence-electron chi connectivity index (χ0n) is 5.82. The minimum Gasteiger partial charge on any atom is -0.385 e. The van der Waals surface area contributed by atoms with E-state index in [0.29, 0.717) is 0 Å². The van der Waals surface area contributed by atoms with Crippen molar-refractivity contribution in [2.45, 2.75) is 0 Å². The van der Waals surface area contributed by atoms with Gasteiger partial charge >= 0.3 is 0 Å². The van der Waals surface area contributed by atoms with Gasteiger partial charge in [-0.2, -0.15) is 0 Å². The number of benzene rings is 1. The molecule has 2 rings (SSSR count). The van der Waals surface area contributed by atoms with Gasteiger partial charge < -0.3 is 5.11 Å². The van der Waals surface area contributed by atoms with Gasteiger partial charge in [-0.25, -0.2) is 0 Å². The van der Waals surface area contributed by atoms with E-state index in [4.69, 9.17) is 5.11 Å². The molecule has 0 aliphatic carbocycles. The summed E-state index contributed by atoms with van der Waals surface area (Å²) in [5.74, 6) is 0. The molecule has 1 heterocycles. The Hall–Kier alpha value is -0.860. The lowest BCUT2D eigenvalue weighted by Gasteiger charge is -1.93. The first-order chi connectivity index (χ1) is 5.40. The Balaban J connectivity index is 2.67. The van der Waals surface area contributed by atoms with Crippen molar-refractivity contribution in [1.29, 1.82) is 0 Å². The summed E-state index contributed by atoms with van der Waals surface area (Å²) in [4.78, 5) is 0. The van der Waals surface area contributed by atoms with Gasteiger partial charge in [0.2, 0.25) is 0 Å². The lowest BCUT2D eigenvalue weighted by molar-refractivity contribution is 0.415. The van der Waals surface area contributed by atoms with Crippen LogP contribution in [0.2, 0.25) is 0 Å². The minimum absolute atomic E-state index is 0.857. The molecular weight excluding hydrogens is 156 g/mol. The number of fused-ring (bicyclic) bond motifs is 1. The summed E-state index contributed by atoms with van der Waals surface area (Å²) in [5.41, 5.74) is 0.857. The van der Waals surface area contributed by atoms with E-state index in [2.05, 4.69) is 0 Å². The number of hydrogen-bond donors (Lipinski definition) is 1. The Morgan fingerprint density at radius 3 is 3.00 bits per heavy atom. The van der Waals surface area contributed by atoms with E-state index in [1.807, 2.05) is 29.6 Å². The van der Waals surface area contributed by atoms with Crippen LogP contribution >= 0.6 is 11.3 Å². The van der Waals surface area contributed by atoms with Crippen molar-refractivity contribution in [2.75, 3.05) is 0 Å². The highest BCUT2D eigenvalue weighted by atomic mass is 32.1. The van der Waals surface area contributed by atoms with Gasteiger partial charge in [0.15, 0.2) is 0 Å². The van der Waals surface area contributed by atoms with E-state index in [1.165, 1.54) is 10.1 Å². The largest absolute Gasteiger partial charge is 0.385 e. The first-order valence-corrected chi connectivity index (χ1v) is 4.23. The Kier molecular flexibility index (Phi) is 1.64. The van der Waals surface area contributed by atoms with Crippen molar-refractivity contribution in [1.82, 2.24) is 0 Å². The third-order valence-corrected chi connectivity index (χ3v) is 2.52. The fourth-order valence-corrected chi connectivity index (χ4v) is 1.84. The first kappa shape index (κ1) is 6.83. The zero-order chi connectivity index (χ0) is 7.68. The van der Waals surface area contributed by atoms with Gasteiger partial charge in [-0.1, -0.05) is 6.07 Å². The van der Waals surface area contributed by atoms with Crippen molar-refractivity contribution in [3.63, 3.8) is 0 Å². The molecule has 0 atom stereocenters. The number of aliphatic hydroxyl groups is 1. The van der Waals surface area contributed by atoms with Crippen molar-refractivity contribution in [2.24, 2.45) is 0 Å². The normalized spacial score (nSPS) is 10.6. The Morgan fingerprint density at radius 2 is 2.18 bits per heavy atom. The number of aliphatic hydroxyl groups excluding tert-OH is 1. The number of hydrogen-bond acceptors (Lipinski definition) is 2. The molecule has 1 aromatic carbocycles. The molecule has 1 nitrogen and oxygen atoms in total. The zero-order valence-corrected chi connectivity index (χ0v) is 6.64. The molecule has 11 heavy (non-hydrogen) atoms. The lowest BCUT2D eigenvalue weighted by atomic mass is 10.2. The molecule has 0 amide bonds. The predicted molar refractivity (Wildman–Crippen MR) is 47.2 cm³/mol. The molecule has 0 aliphatic heterocycles. The standard InChI is InChI=1S/C9H7OS/c10-6-7-1-2-9-8(5-7)3-4-11-9/h1-6,10H. The van der Waals surface area contributed by atoms with Crippen molar-refractivity contribution in [3.8, 4) is 0 Å². The molecule has 0 saturated carbocycles. The highest BCUT2D eigenvalue weighted by molar-refractivity contribution is 7.17. The highest BCUT2D eigenvalue weighted by Crippen LogP contribution is 2.21. The van der Waals surface area contributed by atoms with Crippen LogP contribution in [0.1, 0.15) is 5.56 Å². The summed E-state index contributed by atoms with van der Waals surface area (Å²) in [6, 6.07) is 7.93. The predicted octanol–water partition coefficient (Wildman–Crippen LogP) is 2.78. The smallest absolute Gasteiger partial charge is 0.109 e. The van der Waals surface area contributed by atoms with Gasteiger partial charge in [-0.05, 0) is 34.5 Å². The number of thiophene rings is 1. The van der Waals surface area contributed by atoms with E-state index >= 15 is 0 Å². The monoisotopic (exact) mass is 163 g/mol. The van der Waals surface area contributed by atoms with Crippen LogP contribution in [-0.2, 0) is 0 Å². The second-order valence-corrected chi connectivity index (χ2v) is 3.29. The van der Waals surface area contributed by atoms with Crippen LogP contribution in [0.5, 0.6) is 0 Å². The summed E-state index contributed by atoms with van der Waals surface area (Å²) in [5, 5.41) is 12.0. The van der Waals surface area contributed by atoms with Gasteiger partial charge in [-0.3, -0.25) is 0 Å². The van der Waals surface area contributed by atoms with Gasteiger partial charge in [0.25, 0.3) is 0 Å². The summed E-state index contributed by atoms with van der Waals surface area (Å²) >= 11 is 1.71. The minimum atomic E-state index is 0.857. The summed E-state index contributed by atoms with van der Waals surface area (Å²) in [6.45, 7) is 1.12. The van der Waals surface area contributed by atoms with E-state index in [1.54, 1.807) is 11.3 Å². The molecule has 1 radical (unpaired) electrons. The highest BCUT2D eigenvalue weighted by Gasteiger charge is 1.95. The van der Waals surface area contributed by atoms with Crippen LogP contribution in [-0.4, -0.2) is 5.11 Å². The van der Waals surface area contributed by atoms with Crippen LogP contribution < -0.4 is 0 Å². The Bertz CT molecular complexity index is 364. The molecule has 2 heteroatoms. The van der Waals surface area contributed by atoms with E-state index in [-0.39, 0.29) is 0 Å². The maximum absolute atomic E-state index is 8.71. The van der Waals surface area contributed by atoms with Gasteiger partial charge in [0.1, 0.15) is 6.61 Å². The molecule has 0 aliphatic rings. The summed E-state index contributed by atoms with van der Waals surface area (Å²) in [7, 11) is 0.